The van der Waals surface area contributed by atoms with Crippen molar-refractivity contribution >= 4 is 5.69 Å². The van der Waals surface area contributed by atoms with E-state index in [0.29, 0.717) is 6.61 Å². The van der Waals surface area contributed by atoms with Crippen molar-refractivity contribution in [2.45, 2.75) is 71.0 Å². The van der Waals surface area contributed by atoms with Crippen LogP contribution in [0.3, 0.4) is 0 Å². The number of methoxy groups -OCH3 is 1. The molecule has 3 aromatic carbocycles. The third kappa shape index (κ3) is 5.85. The van der Waals surface area contributed by atoms with Gasteiger partial charge >= 0.3 is 0 Å². The number of fused-ring (bicyclic) bond motifs is 1. The molecule has 4 nitrogen and oxygen atoms in total. The van der Waals surface area contributed by atoms with Crippen LogP contribution in [-0.4, -0.2) is 18.8 Å². The molecular weight excluding hydrogens is 441 g/mol. The van der Waals surface area contributed by atoms with E-state index in [4.69, 9.17) is 14.2 Å². The average Bonchev–Trinajstić information content (AvgIpc) is 2.81. The van der Waals surface area contributed by atoms with Crippen molar-refractivity contribution in [1.82, 2.24) is 0 Å². The Morgan fingerprint density at radius 1 is 0.943 bits per heavy atom. The number of hydrogen-bond acceptors (Lipinski definition) is 4. The molecule has 0 saturated heterocycles. The Hall–Kier alpha value is -2.89. The van der Waals surface area contributed by atoms with Gasteiger partial charge in [-0.3, -0.25) is 0 Å². The minimum Gasteiger partial charge on any atom is -0.485 e. The van der Waals surface area contributed by atoms with E-state index in [0.717, 1.165) is 29.1 Å². The SMILES string of the molecule is COC1c2cc(NCc3ccc(C(C)(C)C)cc3)ccc2OC(C)(C)C1OCc1ccc(F)cc1. The highest BCUT2D eigenvalue weighted by atomic mass is 19.1. The molecule has 5 heteroatoms. The normalized spacial score (nSPS) is 19.1. The van der Waals surface area contributed by atoms with Gasteiger partial charge in [0.2, 0.25) is 0 Å². The van der Waals surface area contributed by atoms with E-state index in [1.165, 1.54) is 23.3 Å². The number of nitrogens with one attached hydrogen (secondary N) is 1. The van der Waals surface area contributed by atoms with E-state index in [1.54, 1.807) is 19.2 Å². The number of anilines is 1. The van der Waals surface area contributed by atoms with Gasteiger partial charge in [-0.25, -0.2) is 4.39 Å². The zero-order valence-electron chi connectivity index (χ0n) is 21.5. The first-order valence-electron chi connectivity index (χ1n) is 12.1. The molecule has 0 bridgehead atoms. The monoisotopic (exact) mass is 477 g/mol. The van der Waals surface area contributed by atoms with E-state index in [-0.39, 0.29) is 23.4 Å². The summed E-state index contributed by atoms with van der Waals surface area (Å²) in [5.74, 6) is 0.535. The summed E-state index contributed by atoms with van der Waals surface area (Å²) in [6, 6.07) is 21.2. The van der Waals surface area contributed by atoms with E-state index in [9.17, 15) is 4.39 Å². The minimum absolute atomic E-state index is 0.142. The summed E-state index contributed by atoms with van der Waals surface area (Å²) in [5, 5.41) is 3.53. The Morgan fingerprint density at radius 2 is 1.60 bits per heavy atom. The van der Waals surface area contributed by atoms with E-state index >= 15 is 0 Å². The molecule has 1 heterocycles. The molecule has 186 valence electrons. The smallest absolute Gasteiger partial charge is 0.132 e. The maximum absolute atomic E-state index is 13.3. The van der Waals surface area contributed by atoms with Crippen LogP contribution in [0.5, 0.6) is 5.75 Å². The van der Waals surface area contributed by atoms with Crippen LogP contribution in [0.25, 0.3) is 0 Å². The molecule has 0 amide bonds. The predicted molar refractivity (Wildman–Crippen MR) is 138 cm³/mol. The van der Waals surface area contributed by atoms with Crippen molar-refractivity contribution in [1.29, 1.82) is 0 Å². The molecule has 0 saturated carbocycles. The molecule has 4 rings (SSSR count). The molecule has 1 aliphatic rings. The molecule has 1 N–H and O–H groups in total. The number of halogens is 1. The van der Waals surface area contributed by atoms with Gasteiger partial charge in [0.25, 0.3) is 0 Å². The molecule has 0 fully saturated rings. The highest BCUT2D eigenvalue weighted by Crippen LogP contribution is 2.44. The lowest BCUT2D eigenvalue weighted by atomic mass is 9.87. The van der Waals surface area contributed by atoms with E-state index < -0.39 is 5.60 Å². The van der Waals surface area contributed by atoms with Crippen LogP contribution in [0, 0.1) is 5.82 Å². The molecule has 3 aromatic rings. The topological polar surface area (TPSA) is 39.7 Å². The van der Waals surface area contributed by atoms with Gasteiger partial charge in [-0.15, -0.1) is 0 Å². The molecule has 35 heavy (non-hydrogen) atoms. The summed E-state index contributed by atoms with van der Waals surface area (Å²) < 4.78 is 31.9. The molecule has 2 atom stereocenters. The van der Waals surface area contributed by atoms with Gasteiger partial charge in [0.1, 0.15) is 29.4 Å². The van der Waals surface area contributed by atoms with Gasteiger partial charge in [-0.1, -0.05) is 57.2 Å². The fraction of sp³-hybridized carbons (Fsp3) is 0.400. The quantitative estimate of drug-likeness (QED) is 0.391. The van der Waals surface area contributed by atoms with Crippen LogP contribution in [0.2, 0.25) is 0 Å². The summed E-state index contributed by atoms with van der Waals surface area (Å²) in [6.45, 7) is 11.7. The minimum atomic E-state index is -0.600. The van der Waals surface area contributed by atoms with Crippen LogP contribution in [0.4, 0.5) is 10.1 Å². The molecule has 1 aliphatic heterocycles. The first-order chi connectivity index (χ1) is 16.6. The van der Waals surface area contributed by atoms with Crippen molar-refractivity contribution in [3.63, 3.8) is 0 Å². The number of ether oxygens (including phenoxy) is 3. The third-order valence-electron chi connectivity index (χ3n) is 6.56. The van der Waals surface area contributed by atoms with E-state index in [1.807, 2.05) is 26.0 Å². The van der Waals surface area contributed by atoms with Crippen molar-refractivity contribution in [3.8, 4) is 5.75 Å². The average molecular weight is 478 g/mol. The second kappa shape index (κ2) is 10.00. The van der Waals surface area contributed by atoms with Crippen LogP contribution in [0.15, 0.2) is 66.7 Å². The zero-order valence-corrected chi connectivity index (χ0v) is 21.5. The Balaban J connectivity index is 1.49. The number of rotatable bonds is 7. The molecule has 0 radical (unpaired) electrons. The lowest BCUT2D eigenvalue weighted by Crippen LogP contribution is -2.50. The van der Waals surface area contributed by atoms with Crippen molar-refractivity contribution in [2.24, 2.45) is 0 Å². The van der Waals surface area contributed by atoms with Crippen LogP contribution in [-0.2, 0) is 28.0 Å². The highest BCUT2D eigenvalue weighted by Gasteiger charge is 2.45. The third-order valence-corrected chi connectivity index (χ3v) is 6.56. The Morgan fingerprint density at radius 3 is 2.23 bits per heavy atom. The standard InChI is InChI=1S/C30H36FNO3/c1-29(2,3)22-11-7-20(8-12-22)18-32-24-15-16-26-25(17-24)27(33-6)28(30(4,5)35-26)34-19-21-9-13-23(31)14-10-21/h7-17,27-28,32H,18-19H2,1-6H3. The Labute approximate surface area is 208 Å². The summed E-state index contributed by atoms with van der Waals surface area (Å²) >= 11 is 0. The van der Waals surface area contributed by atoms with Crippen molar-refractivity contribution < 1.29 is 18.6 Å². The van der Waals surface area contributed by atoms with Crippen LogP contribution in [0.1, 0.15) is 63.0 Å². The van der Waals surface area contributed by atoms with E-state index in [2.05, 4.69) is 56.4 Å². The van der Waals surface area contributed by atoms with Gasteiger partial charge in [0.05, 0.1) is 6.61 Å². The van der Waals surface area contributed by atoms with Gasteiger partial charge < -0.3 is 19.5 Å². The molecular formula is C30H36FNO3. The van der Waals surface area contributed by atoms with Gasteiger partial charge in [-0.05, 0) is 66.3 Å². The first kappa shape index (κ1) is 25.2. The molecule has 0 aliphatic carbocycles. The molecule has 2 unspecified atom stereocenters. The first-order valence-corrected chi connectivity index (χ1v) is 12.1. The highest BCUT2D eigenvalue weighted by molar-refractivity contribution is 5.54. The summed E-state index contributed by atoms with van der Waals surface area (Å²) in [6.07, 6.45) is -0.646. The molecule has 0 aromatic heterocycles. The largest absolute Gasteiger partial charge is 0.485 e. The van der Waals surface area contributed by atoms with Gasteiger partial charge in [0, 0.05) is 24.9 Å². The summed E-state index contributed by atoms with van der Waals surface area (Å²) in [4.78, 5) is 0. The van der Waals surface area contributed by atoms with Crippen molar-refractivity contribution in [3.05, 3.63) is 94.8 Å². The zero-order chi connectivity index (χ0) is 25.2. The molecule has 0 spiro atoms. The number of benzene rings is 3. The number of hydrogen-bond donors (Lipinski definition) is 1. The lowest BCUT2D eigenvalue weighted by molar-refractivity contribution is -0.159. The summed E-state index contributed by atoms with van der Waals surface area (Å²) in [7, 11) is 1.70. The fourth-order valence-electron chi connectivity index (χ4n) is 4.47. The second-order valence-corrected chi connectivity index (χ2v) is 10.8. The summed E-state index contributed by atoms with van der Waals surface area (Å²) in [5.41, 5.74) is 4.92. The maximum Gasteiger partial charge on any atom is 0.132 e. The van der Waals surface area contributed by atoms with Gasteiger partial charge in [0.15, 0.2) is 0 Å². The maximum atomic E-state index is 13.3. The van der Waals surface area contributed by atoms with Gasteiger partial charge in [-0.2, -0.15) is 0 Å². The lowest BCUT2D eigenvalue weighted by Gasteiger charge is -2.44. The Bertz CT molecular complexity index is 1130. The Kier molecular flexibility index (Phi) is 7.20. The fourth-order valence-corrected chi connectivity index (χ4v) is 4.47. The van der Waals surface area contributed by atoms with Crippen molar-refractivity contribution in [2.75, 3.05) is 12.4 Å². The van der Waals surface area contributed by atoms with Crippen LogP contribution < -0.4 is 10.1 Å². The second-order valence-electron chi connectivity index (χ2n) is 10.8. The van der Waals surface area contributed by atoms with Crippen LogP contribution >= 0.6 is 0 Å². The predicted octanol–water partition coefficient (Wildman–Crippen LogP) is 7.18.